The molecular formula is C12H17F2NO. The van der Waals surface area contributed by atoms with E-state index in [4.69, 9.17) is 10.5 Å². The second kappa shape index (κ2) is 5.80. The molecule has 0 heterocycles. The molecule has 4 heteroatoms. The second-order valence-electron chi connectivity index (χ2n) is 3.94. The zero-order chi connectivity index (χ0) is 12.1. The lowest BCUT2D eigenvalue weighted by Crippen LogP contribution is -2.34. The van der Waals surface area contributed by atoms with E-state index in [2.05, 4.69) is 0 Å². The highest BCUT2D eigenvalue weighted by Gasteiger charge is 2.12. The van der Waals surface area contributed by atoms with E-state index in [1.54, 1.807) is 0 Å². The van der Waals surface area contributed by atoms with E-state index < -0.39 is 11.6 Å². The summed E-state index contributed by atoms with van der Waals surface area (Å²) in [4.78, 5) is 0. The van der Waals surface area contributed by atoms with E-state index in [0.717, 1.165) is 18.6 Å². The summed E-state index contributed by atoms with van der Waals surface area (Å²) in [6.45, 7) is 4.27. The van der Waals surface area contributed by atoms with Gasteiger partial charge in [-0.25, -0.2) is 8.78 Å². The van der Waals surface area contributed by atoms with Gasteiger partial charge in [0, 0.05) is 12.1 Å². The molecule has 1 aromatic rings. The van der Waals surface area contributed by atoms with E-state index in [1.807, 2.05) is 13.8 Å². The van der Waals surface area contributed by atoms with E-state index in [1.165, 1.54) is 6.07 Å². The Balaban J connectivity index is 2.54. The Morgan fingerprint density at radius 1 is 1.38 bits per heavy atom. The standard InChI is InChI=1S/C12H17F2NO/c1-3-8(2)11(15)7-16-12-5-4-9(13)6-10(12)14/h4-6,8,11H,3,7,15H2,1-2H3. The number of hydrogen-bond acceptors (Lipinski definition) is 2. The average molecular weight is 229 g/mol. The van der Waals surface area contributed by atoms with Crippen LogP contribution in [-0.4, -0.2) is 12.6 Å². The van der Waals surface area contributed by atoms with Gasteiger partial charge in [-0.05, 0) is 18.1 Å². The molecular weight excluding hydrogens is 212 g/mol. The lowest BCUT2D eigenvalue weighted by molar-refractivity contribution is 0.241. The van der Waals surface area contributed by atoms with Crippen LogP contribution in [0, 0.1) is 17.6 Å². The zero-order valence-electron chi connectivity index (χ0n) is 9.54. The number of halogens is 2. The van der Waals surface area contributed by atoms with Crippen LogP contribution in [0.2, 0.25) is 0 Å². The van der Waals surface area contributed by atoms with Gasteiger partial charge >= 0.3 is 0 Å². The van der Waals surface area contributed by atoms with Crippen molar-refractivity contribution in [1.29, 1.82) is 0 Å². The molecule has 1 aromatic carbocycles. The molecule has 90 valence electrons. The molecule has 0 aliphatic rings. The first-order chi connectivity index (χ1) is 7.54. The number of hydrogen-bond donors (Lipinski definition) is 1. The Kier molecular flexibility index (Phi) is 4.68. The highest BCUT2D eigenvalue weighted by atomic mass is 19.1. The van der Waals surface area contributed by atoms with Crippen LogP contribution in [-0.2, 0) is 0 Å². The van der Waals surface area contributed by atoms with Crippen molar-refractivity contribution >= 4 is 0 Å². The molecule has 0 aliphatic heterocycles. The first-order valence-corrected chi connectivity index (χ1v) is 5.38. The molecule has 0 aromatic heterocycles. The van der Waals surface area contributed by atoms with Crippen LogP contribution in [0.15, 0.2) is 18.2 Å². The SMILES string of the molecule is CCC(C)C(N)COc1ccc(F)cc1F. The summed E-state index contributed by atoms with van der Waals surface area (Å²) in [5, 5.41) is 0. The third kappa shape index (κ3) is 3.45. The minimum absolute atomic E-state index is 0.0418. The van der Waals surface area contributed by atoms with Crippen LogP contribution in [0.3, 0.4) is 0 Å². The fourth-order valence-corrected chi connectivity index (χ4v) is 1.25. The summed E-state index contributed by atoms with van der Waals surface area (Å²) in [7, 11) is 0. The summed E-state index contributed by atoms with van der Waals surface area (Å²) in [5.74, 6) is -0.962. The first kappa shape index (κ1) is 12.9. The van der Waals surface area contributed by atoms with Crippen molar-refractivity contribution in [2.45, 2.75) is 26.3 Å². The third-order valence-corrected chi connectivity index (χ3v) is 2.70. The van der Waals surface area contributed by atoms with Crippen LogP contribution < -0.4 is 10.5 Å². The fraction of sp³-hybridized carbons (Fsp3) is 0.500. The third-order valence-electron chi connectivity index (χ3n) is 2.70. The molecule has 0 aliphatic carbocycles. The molecule has 2 nitrogen and oxygen atoms in total. The number of nitrogens with two attached hydrogens (primary N) is 1. The Morgan fingerprint density at radius 3 is 2.62 bits per heavy atom. The van der Waals surface area contributed by atoms with E-state index in [0.29, 0.717) is 5.92 Å². The molecule has 0 fully saturated rings. The molecule has 0 saturated heterocycles. The number of benzene rings is 1. The highest BCUT2D eigenvalue weighted by molar-refractivity contribution is 5.24. The summed E-state index contributed by atoms with van der Waals surface area (Å²) in [6, 6.07) is 3.08. The van der Waals surface area contributed by atoms with Gasteiger partial charge in [0.2, 0.25) is 0 Å². The van der Waals surface area contributed by atoms with Crippen molar-refractivity contribution in [2.24, 2.45) is 11.7 Å². The summed E-state index contributed by atoms with van der Waals surface area (Å²) < 4.78 is 31.0. The van der Waals surface area contributed by atoms with Crippen LogP contribution in [0.1, 0.15) is 20.3 Å². The predicted molar refractivity (Wildman–Crippen MR) is 59.3 cm³/mol. The maximum absolute atomic E-state index is 13.2. The van der Waals surface area contributed by atoms with Gasteiger partial charge in [0.05, 0.1) is 0 Å². The quantitative estimate of drug-likeness (QED) is 0.842. The largest absolute Gasteiger partial charge is 0.489 e. The van der Waals surface area contributed by atoms with Gasteiger partial charge < -0.3 is 10.5 Å². The highest BCUT2D eigenvalue weighted by Crippen LogP contribution is 2.18. The van der Waals surface area contributed by atoms with Gasteiger partial charge in [0.25, 0.3) is 0 Å². The molecule has 0 spiro atoms. The summed E-state index contributed by atoms with van der Waals surface area (Å²) in [5.41, 5.74) is 5.83. The first-order valence-electron chi connectivity index (χ1n) is 5.38. The van der Waals surface area contributed by atoms with Crippen molar-refractivity contribution < 1.29 is 13.5 Å². The Bertz CT molecular complexity index is 344. The van der Waals surface area contributed by atoms with Crippen molar-refractivity contribution in [3.8, 4) is 5.75 Å². The Labute approximate surface area is 94.4 Å². The van der Waals surface area contributed by atoms with Crippen LogP contribution >= 0.6 is 0 Å². The minimum Gasteiger partial charge on any atom is -0.489 e. The van der Waals surface area contributed by atoms with E-state index in [-0.39, 0.29) is 18.4 Å². The lowest BCUT2D eigenvalue weighted by atomic mass is 10.0. The molecule has 16 heavy (non-hydrogen) atoms. The monoisotopic (exact) mass is 229 g/mol. The molecule has 2 unspecified atom stereocenters. The minimum atomic E-state index is -0.698. The molecule has 0 bridgehead atoms. The van der Waals surface area contributed by atoms with Gasteiger partial charge in [-0.2, -0.15) is 0 Å². The maximum Gasteiger partial charge on any atom is 0.167 e. The van der Waals surface area contributed by atoms with Crippen LogP contribution in [0.4, 0.5) is 8.78 Å². The maximum atomic E-state index is 13.2. The number of rotatable bonds is 5. The van der Waals surface area contributed by atoms with Crippen LogP contribution in [0.25, 0.3) is 0 Å². The summed E-state index contributed by atoms with van der Waals surface area (Å²) in [6.07, 6.45) is 0.941. The van der Waals surface area contributed by atoms with Gasteiger partial charge in [0.1, 0.15) is 12.4 Å². The normalized spacial score (nSPS) is 14.6. The van der Waals surface area contributed by atoms with Gasteiger partial charge in [-0.1, -0.05) is 20.3 Å². The van der Waals surface area contributed by atoms with Crippen molar-refractivity contribution in [2.75, 3.05) is 6.61 Å². The smallest absolute Gasteiger partial charge is 0.167 e. The van der Waals surface area contributed by atoms with Crippen molar-refractivity contribution in [3.63, 3.8) is 0 Å². The fourth-order valence-electron chi connectivity index (χ4n) is 1.25. The predicted octanol–water partition coefficient (Wildman–Crippen LogP) is 2.72. The average Bonchev–Trinajstić information content (AvgIpc) is 2.26. The van der Waals surface area contributed by atoms with Crippen molar-refractivity contribution in [1.82, 2.24) is 0 Å². The topological polar surface area (TPSA) is 35.2 Å². The molecule has 0 saturated carbocycles. The summed E-state index contributed by atoms with van der Waals surface area (Å²) >= 11 is 0. The molecule has 0 amide bonds. The number of ether oxygens (including phenoxy) is 1. The Morgan fingerprint density at radius 2 is 2.06 bits per heavy atom. The molecule has 2 N–H and O–H groups in total. The zero-order valence-corrected chi connectivity index (χ0v) is 9.54. The van der Waals surface area contributed by atoms with Crippen LogP contribution in [0.5, 0.6) is 5.75 Å². The van der Waals surface area contributed by atoms with E-state index >= 15 is 0 Å². The molecule has 2 atom stereocenters. The Hall–Kier alpha value is -1.16. The lowest BCUT2D eigenvalue weighted by Gasteiger charge is -2.18. The van der Waals surface area contributed by atoms with E-state index in [9.17, 15) is 8.78 Å². The van der Waals surface area contributed by atoms with Crippen molar-refractivity contribution in [3.05, 3.63) is 29.8 Å². The van der Waals surface area contributed by atoms with Gasteiger partial charge in [-0.3, -0.25) is 0 Å². The van der Waals surface area contributed by atoms with Gasteiger partial charge in [-0.15, -0.1) is 0 Å². The van der Waals surface area contributed by atoms with Gasteiger partial charge in [0.15, 0.2) is 11.6 Å². The molecule has 0 radical (unpaired) electrons. The molecule has 1 rings (SSSR count). The second-order valence-corrected chi connectivity index (χ2v) is 3.94.